The van der Waals surface area contributed by atoms with Gasteiger partial charge in [-0.15, -0.1) is 0 Å². The van der Waals surface area contributed by atoms with Gasteiger partial charge in [0, 0.05) is 5.56 Å². The van der Waals surface area contributed by atoms with Crippen molar-refractivity contribution in [2.24, 2.45) is 0 Å². The number of hydrogen-bond donors (Lipinski definition) is 1. The van der Waals surface area contributed by atoms with Gasteiger partial charge in [0.25, 0.3) is 5.91 Å². The number of rotatable bonds is 8. The van der Waals surface area contributed by atoms with Crippen LogP contribution < -0.4 is 10.1 Å². The van der Waals surface area contributed by atoms with Crippen molar-refractivity contribution in [3.05, 3.63) is 101 Å². The van der Waals surface area contributed by atoms with Crippen molar-refractivity contribution in [3.63, 3.8) is 0 Å². The molecule has 3 aromatic rings. The molecule has 144 valence electrons. The first-order valence-electron chi connectivity index (χ1n) is 9.74. The topological polar surface area (TPSA) is 38.3 Å². The van der Waals surface area contributed by atoms with Crippen LogP contribution in [0.2, 0.25) is 0 Å². The molecule has 0 saturated carbocycles. The lowest BCUT2D eigenvalue weighted by Crippen LogP contribution is -2.37. The van der Waals surface area contributed by atoms with Crippen LogP contribution in [0.5, 0.6) is 5.75 Å². The molecule has 0 spiro atoms. The Bertz CT molecular complexity index is 905. The fourth-order valence-electron chi connectivity index (χ4n) is 3.16. The maximum absolute atomic E-state index is 12.8. The summed E-state index contributed by atoms with van der Waals surface area (Å²) in [4.78, 5) is 12.8. The summed E-state index contributed by atoms with van der Waals surface area (Å²) in [5.74, 6) is 0.802. The zero-order valence-corrected chi connectivity index (χ0v) is 16.5. The van der Waals surface area contributed by atoms with E-state index < -0.39 is 0 Å². The van der Waals surface area contributed by atoms with Crippen molar-refractivity contribution < 1.29 is 9.53 Å². The van der Waals surface area contributed by atoms with Crippen molar-refractivity contribution in [3.8, 4) is 5.75 Å². The minimum atomic E-state index is -0.0886. The molecule has 0 radical (unpaired) electrons. The molecule has 0 heterocycles. The second kappa shape index (κ2) is 9.75. The quantitative estimate of drug-likeness (QED) is 0.605. The van der Waals surface area contributed by atoms with Crippen LogP contribution >= 0.6 is 0 Å². The van der Waals surface area contributed by atoms with Crippen LogP contribution in [0.1, 0.15) is 34.0 Å². The average molecular weight is 373 g/mol. The van der Waals surface area contributed by atoms with Crippen molar-refractivity contribution in [2.45, 2.75) is 32.7 Å². The second-order valence-corrected chi connectivity index (χ2v) is 7.09. The van der Waals surface area contributed by atoms with Gasteiger partial charge in [-0.05, 0) is 55.5 Å². The van der Waals surface area contributed by atoms with E-state index >= 15 is 0 Å². The lowest BCUT2D eigenvalue weighted by Gasteiger charge is -2.17. The number of carbonyl (C=O) groups excluding carboxylic acids is 1. The van der Waals surface area contributed by atoms with E-state index in [0.29, 0.717) is 6.61 Å². The van der Waals surface area contributed by atoms with Gasteiger partial charge in [-0.2, -0.15) is 0 Å². The Balaban J connectivity index is 1.58. The molecule has 0 aliphatic rings. The third-order valence-corrected chi connectivity index (χ3v) is 4.75. The van der Waals surface area contributed by atoms with Gasteiger partial charge in [0.1, 0.15) is 12.4 Å². The Morgan fingerprint density at radius 1 is 0.893 bits per heavy atom. The first-order chi connectivity index (χ1) is 13.6. The van der Waals surface area contributed by atoms with E-state index in [1.165, 1.54) is 5.56 Å². The highest BCUT2D eigenvalue weighted by molar-refractivity contribution is 5.95. The summed E-state index contributed by atoms with van der Waals surface area (Å²) in [6, 6.07) is 26.0. The molecule has 3 heteroatoms. The molecule has 0 aliphatic heterocycles. The van der Waals surface area contributed by atoms with Crippen LogP contribution in [0, 0.1) is 6.92 Å². The van der Waals surface area contributed by atoms with Crippen LogP contribution in [0.25, 0.3) is 0 Å². The first kappa shape index (κ1) is 19.7. The highest BCUT2D eigenvalue weighted by Gasteiger charge is 2.14. The van der Waals surface area contributed by atoms with Gasteiger partial charge in [0.05, 0.1) is 6.04 Å². The predicted molar refractivity (Wildman–Crippen MR) is 114 cm³/mol. The van der Waals surface area contributed by atoms with E-state index in [2.05, 4.69) is 17.4 Å². The number of hydrogen-bond acceptors (Lipinski definition) is 2. The Labute approximate surface area is 167 Å². The predicted octanol–water partition coefficient (Wildman–Crippen LogP) is 4.98. The Hall–Kier alpha value is -3.07. The van der Waals surface area contributed by atoms with Crippen LogP contribution in [0.3, 0.4) is 0 Å². The number of aryl methyl sites for hydroxylation is 3. The summed E-state index contributed by atoms with van der Waals surface area (Å²) >= 11 is 0. The largest absolute Gasteiger partial charge is 0.491 e. The Kier molecular flexibility index (Phi) is 6.85. The van der Waals surface area contributed by atoms with E-state index in [9.17, 15) is 4.79 Å². The highest BCUT2D eigenvalue weighted by atomic mass is 16.5. The molecular formula is C25H27NO2. The first-order valence-corrected chi connectivity index (χ1v) is 9.74. The van der Waals surface area contributed by atoms with E-state index in [1.54, 1.807) is 0 Å². The summed E-state index contributed by atoms with van der Waals surface area (Å²) in [5, 5.41) is 3.06. The van der Waals surface area contributed by atoms with E-state index in [0.717, 1.165) is 35.3 Å². The number of benzene rings is 3. The summed E-state index contributed by atoms with van der Waals surface area (Å²) in [7, 11) is 0. The van der Waals surface area contributed by atoms with Gasteiger partial charge < -0.3 is 10.1 Å². The smallest absolute Gasteiger partial charge is 0.251 e. The SMILES string of the molecule is Cc1ccccc1OCC(C)NC(=O)c1ccccc1CCc1ccccc1. The number of ether oxygens (including phenoxy) is 1. The molecule has 3 nitrogen and oxygen atoms in total. The van der Waals surface area contributed by atoms with Crippen LogP contribution in [0.15, 0.2) is 78.9 Å². The van der Waals surface area contributed by atoms with E-state index in [4.69, 9.17) is 4.74 Å². The molecular weight excluding hydrogens is 346 g/mol. The van der Waals surface area contributed by atoms with Gasteiger partial charge in [-0.25, -0.2) is 0 Å². The molecule has 0 bridgehead atoms. The molecule has 3 aromatic carbocycles. The standard InChI is InChI=1S/C25H27NO2/c1-19-10-6-9-15-24(19)28-18-20(2)26-25(27)23-14-8-7-13-22(23)17-16-21-11-4-3-5-12-21/h3-15,20H,16-18H2,1-2H3,(H,26,27). The molecule has 28 heavy (non-hydrogen) atoms. The third-order valence-electron chi connectivity index (χ3n) is 4.75. The maximum Gasteiger partial charge on any atom is 0.251 e. The fourth-order valence-corrected chi connectivity index (χ4v) is 3.16. The summed E-state index contributed by atoms with van der Waals surface area (Å²) < 4.78 is 5.86. The minimum Gasteiger partial charge on any atom is -0.491 e. The van der Waals surface area contributed by atoms with Gasteiger partial charge >= 0.3 is 0 Å². The fraction of sp³-hybridized carbons (Fsp3) is 0.240. The number of carbonyl (C=O) groups is 1. The molecule has 0 aromatic heterocycles. The Morgan fingerprint density at radius 3 is 2.36 bits per heavy atom. The summed E-state index contributed by atoms with van der Waals surface area (Å²) in [6.07, 6.45) is 1.75. The number of nitrogens with one attached hydrogen (secondary N) is 1. The third kappa shape index (κ3) is 5.46. The van der Waals surface area contributed by atoms with Gasteiger partial charge in [-0.1, -0.05) is 66.7 Å². The van der Waals surface area contributed by atoms with Gasteiger partial charge in [0.2, 0.25) is 0 Å². The van der Waals surface area contributed by atoms with Crippen molar-refractivity contribution in [1.29, 1.82) is 0 Å². The lowest BCUT2D eigenvalue weighted by molar-refractivity contribution is 0.0925. The molecule has 1 amide bonds. The van der Waals surface area contributed by atoms with Crippen LogP contribution in [0.4, 0.5) is 0 Å². The molecule has 0 saturated heterocycles. The second-order valence-electron chi connectivity index (χ2n) is 7.09. The number of amides is 1. The zero-order valence-electron chi connectivity index (χ0n) is 16.5. The van der Waals surface area contributed by atoms with Crippen molar-refractivity contribution in [1.82, 2.24) is 5.32 Å². The van der Waals surface area contributed by atoms with E-state index in [1.807, 2.05) is 80.6 Å². The molecule has 3 rings (SSSR count). The molecule has 1 atom stereocenters. The highest BCUT2D eigenvalue weighted by Crippen LogP contribution is 2.17. The summed E-state index contributed by atoms with van der Waals surface area (Å²) in [5.41, 5.74) is 4.17. The molecule has 1 unspecified atom stereocenters. The van der Waals surface area contributed by atoms with Crippen LogP contribution in [-0.4, -0.2) is 18.6 Å². The molecule has 0 aliphatic carbocycles. The van der Waals surface area contributed by atoms with Crippen molar-refractivity contribution >= 4 is 5.91 Å². The Morgan fingerprint density at radius 2 is 1.57 bits per heavy atom. The van der Waals surface area contributed by atoms with Gasteiger partial charge in [0.15, 0.2) is 0 Å². The lowest BCUT2D eigenvalue weighted by atomic mass is 9.99. The van der Waals surface area contributed by atoms with Crippen molar-refractivity contribution in [2.75, 3.05) is 6.61 Å². The number of para-hydroxylation sites is 1. The zero-order chi connectivity index (χ0) is 19.8. The summed E-state index contributed by atoms with van der Waals surface area (Å²) in [6.45, 7) is 4.41. The van der Waals surface area contributed by atoms with Crippen LogP contribution in [-0.2, 0) is 12.8 Å². The van der Waals surface area contributed by atoms with E-state index in [-0.39, 0.29) is 11.9 Å². The van der Waals surface area contributed by atoms with Gasteiger partial charge in [-0.3, -0.25) is 4.79 Å². The average Bonchev–Trinajstić information content (AvgIpc) is 2.72. The molecule has 1 N–H and O–H groups in total. The maximum atomic E-state index is 12.8. The molecule has 0 fully saturated rings. The minimum absolute atomic E-state index is 0.0513. The monoisotopic (exact) mass is 373 g/mol. The normalized spacial score (nSPS) is 11.6.